The number of hydrogen-bond donors (Lipinski definition) is 1. The third kappa shape index (κ3) is 2.94. The molecule has 2 aliphatic rings. The van der Waals surface area contributed by atoms with Crippen LogP contribution in [0.2, 0.25) is 0 Å². The van der Waals surface area contributed by atoms with Crippen molar-refractivity contribution < 1.29 is 19.0 Å². The Morgan fingerprint density at radius 1 is 1.33 bits per heavy atom. The van der Waals surface area contributed by atoms with Gasteiger partial charge in [0.05, 0.1) is 5.92 Å². The zero-order chi connectivity index (χ0) is 14.9. The van der Waals surface area contributed by atoms with E-state index >= 15 is 0 Å². The van der Waals surface area contributed by atoms with E-state index in [1.165, 1.54) is 12.1 Å². The normalized spacial score (nSPS) is 25.3. The van der Waals surface area contributed by atoms with Gasteiger partial charge in [-0.1, -0.05) is 12.1 Å². The van der Waals surface area contributed by atoms with E-state index in [1.807, 2.05) is 0 Å². The van der Waals surface area contributed by atoms with Crippen LogP contribution in [0, 0.1) is 17.2 Å². The minimum Gasteiger partial charge on any atom is -0.481 e. The van der Waals surface area contributed by atoms with Gasteiger partial charge in [-0.3, -0.25) is 9.69 Å². The number of halogens is 1. The lowest BCUT2D eigenvalue weighted by atomic mass is 9.72. The highest BCUT2D eigenvalue weighted by Crippen LogP contribution is 2.44. The zero-order valence-electron chi connectivity index (χ0n) is 11.9. The number of aliphatic carboxylic acids is 1. The van der Waals surface area contributed by atoms with E-state index in [9.17, 15) is 14.3 Å². The van der Waals surface area contributed by atoms with Crippen LogP contribution in [0.4, 0.5) is 4.39 Å². The second-order valence-corrected chi connectivity index (χ2v) is 6.16. The fraction of sp³-hybridized carbons (Fsp3) is 0.562. The third-order valence-corrected chi connectivity index (χ3v) is 4.82. The van der Waals surface area contributed by atoms with Gasteiger partial charge in [0.15, 0.2) is 0 Å². The maximum atomic E-state index is 12.9. The number of nitrogens with zero attached hydrogens (tertiary/aromatic N) is 1. The molecule has 1 spiro atoms. The summed E-state index contributed by atoms with van der Waals surface area (Å²) in [7, 11) is 0. The number of rotatable bonds is 3. The highest BCUT2D eigenvalue weighted by atomic mass is 19.1. The molecule has 1 unspecified atom stereocenters. The van der Waals surface area contributed by atoms with Crippen LogP contribution >= 0.6 is 0 Å². The second kappa shape index (κ2) is 5.73. The number of benzene rings is 1. The molecule has 0 aliphatic carbocycles. The van der Waals surface area contributed by atoms with Crippen molar-refractivity contribution in [3.05, 3.63) is 35.6 Å². The summed E-state index contributed by atoms with van der Waals surface area (Å²) in [6, 6.07) is 6.43. The molecule has 21 heavy (non-hydrogen) atoms. The van der Waals surface area contributed by atoms with Crippen molar-refractivity contribution in [2.75, 3.05) is 26.3 Å². The van der Waals surface area contributed by atoms with Crippen LogP contribution in [0.3, 0.4) is 0 Å². The predicted molar refractivity (Wildman–Crippen MR) is 75.3 cm³/mol. The van der Waals surface area contributed by atoms with Crippen LogP contribution in [0.1, 0.15) is 18.4 Å². The van der Waals surface area contributed by atoms with Gasteiger partial charge in [0.1, 0.15) is 5.82 Å². The number of carboxylic acid groups (broad SMARTS) is 1. The molecule has 0 bridgehead atoms. The second-order valence-electron chi connectivity index (χ2n) is 6.16. The number of hydrogen-bond acceptors (Lipinski definition) is 3. The molecular formula is C16H20FNO3. The first-order valence-electron chi connectivity index (χ1n) is 7.36. The first kappa shape index (κ1) is 14.5. The van der Waals surface area contributed by atoms with Gasteiger partial charge < -0.3 is 9.84 Å². The first-order valence-corrected chi connectivity index (χ1v) is 7.36. The third-order valence-electron chi connectivity index (χ3n) is 4.82. The fourth-order valence-electron chi connectivity index (χ4n) is 3.66. The summed E-state index contributed by atoms with van der Waals surface area (Å²) >= 11 is 0. The van der Waals surface area contributed by atoms with Gasteiger partial charge in [0.25, 0.3) is 0 Å². The van der Waals surface area contributed by atoms with E-state index in [4.69, 9.17) is 4.74 Å². The summed E-state index contributed by atoms with van der Waals surface area (Å²) in [4.78, 5) is 13.8. The maximum absolute atomic E-state index is 12.9. The van der Waals surface area contributed by atoms with Crippen molar-refractivity contribution in [1.82, 2.24) is 4.90 Å². The monoisotopic (exact) mass is 293 g/mol. The molecular weight excluding hydrogens is 273 g/mol. The van der Waals surface area contributed by atoms with Gasteiger partial charge in [-0.15, -0.1) is 0 Å². The summed E-state index contributed by atoms with van der Waals surface area (Å²) in [6.45, 7) is 3.31. The Morgan fingerprint density at radius 2 is 2.00 bits per heavy atom. The van der Waals surface area contributed by atoms with Gasteiger partial charge >= 0.3 is 5.97 Å². The Morgan fingerprint density at radius 3 is 2.62 bits per heavy atom. The lowest BCUT2D eigenvalue weighted by Crippen LogP contribution is -2.40. The molecule has 0 saturated carbocycles. The first-order chi connectivity index (χ1) is 10.1. The smallest absolute Gasteiger partial charge is 0.308 e. The molecule has 2 aliphatic heterocycles. The average Bonchev–Trinajstić information content (AvgIpc) is 2.80. The largest absolute Gasteiger partial charge is 0.481 e. The maximum Gasteiger partial charge on any atom is 0.308 e. The number of carbonyl (C=O) groups is 1. The minimum absolute atomic E-state index is 0.163. The van der Waals surface area contributed by atoms with Crippen molar-refractivity contribution >= 4 is 5.97 Å². The van der Waals surface area contributed by atoms with E-state index in [-0.39, 0.29) is 17.2 Å². The van der Waals surface area contributed by atoms with Crippen molar-refractivity contribution in [3.63, 3.8) is 0 Å². The standard InChI is InChI=1S/C16H20FNO3/c17-13-3-1-12(2-4-13)9-18-10-14(15(19)20)16(11-18)5-7-21-8-6-16/h1-4,14H,5-11H2,(H,19,20). The molecule has 1 N–H and O–H groups in total. The lowest BCUT2D eigenvalue weighted by molar-refractivity contribution is -0.146. The Hall–Kier alpha value is -1.46. The molecule has 2 saturated heterocycles. The summed E-state index contributed by atoms with van der Waals surface area (Å²) in [5.41, 5.74) is 0.856. The van der Waals surface area contributed by atoms with Gasteiger partial charge in [-0.25, -0.2) is 4.39 Å². The average molecular weight is 293 g/mol. The van der Waals surface area contributed by atoms with E-state index in [2.05, 4.69) is 4.90 Å². The van der Waals surface area contributed by atoms with Gasteiger partial charge in [0, 0.05) is 38.3 Å². The molecule has 2 fully saturated rings. The van der Waals surface area contributed by atoms with Crippen molar-refractivity contribution in [3.8, 4) is 0 Å². The molecule has 114 valence electrons. The molecule has 3 rings (SSSR count). The Kier molecular flexibility index (Phi) is 3.95. The topological polar surface area (TPSA) is 49.8 Å². The minimum atomic E-state index is -0.710. The molecule has 1 atom stereocenters. The van der Waals surface area contributed by atoms with E-state index < -0.39 is 5.97 Å². The molecule has 2 heterocycles. The van der Waals surface area contributed by atoms with Crippen molar-refractivity contribution in [1.29, 1.82) is 0 Å². The summed E-state index contributed by atoms with van der Waals surface area (Å²) in [5, 5.41) is 9.53. The fourth-order valence-corrected chi connectivity index (χ4v) is 3.66. The summed E-state index contributed by atoms with van der Waals surface area (Å²) in [5.74, 6) is -1.29. The molecule has 1 aromatic carbocycles. The zero-order valence-corrected chi connectivity index (χ0v) is 11.9. The molecule has 1 aromatic rings. The summed E-state index contributed by atoms with van der Waals surface area (Å²) < 4.78 is 18.3. The van der Waals surface area contributed by atoms with Crippen LogP contribution in [-0.4, -0.2) is 42.3 Å². The number of carboxylic acids is 1. The Balaban J connectivity index is 1.73. The van der Waals surface area contributed by atoms with Crippen LogP contribution in [0.25, 0.3) is 0 Å². The van der Waals surface area contributed by atoms with Gasteiger partial charge in [0.2, 0.25) is 0 Å². The van der Waals surface area contributed by atoms with Crippen LogP contribution < -0.4 is 0 Å². The number of ether oxygens (including phenoxy) is 1. The van der Waals surface area contributed by atoms with E-state index in [0.29, 0.717) is 26.3 Å². The van der Waals surface area contributed by atoms with Gasteiger partial charge in [-0.2, -0.15) is 0 Å². The predicted octanol–water partition coefficient (Wildman–Crippen LogP) is 2.14. The van der Waals surface area contributed by atoms with E-state index in [0.717, 1.165) is 24.9 Å². The molecule has 0 aromatic heterocycles. The van der Waals surface area contributed by atoms with Crippen LogP contribution in [0.15, 0.2) is 24.3 Å². The Bertz CT molecular complexity index is 511. The molecule has 5 heteroatoms. The van der Waals surface area contributed by atoms with Crippen molar-refractivity contribution in [2.24, 2.45) is 11.3 Å². The van der Waals surface area contributed by atoms with Crippen molar-refractivity contribution in [2.45, 2.75) is 19.4 Å². The van der Waals surface area contributed by atoms with Crippen LogP contribution in [-0.2, 0) is 16.1 Å². The highest BCUT2D eigenvalue weighted by molar-refractivity contribution is 5.72. The quantitative estimate of drug-likeness (QED) is 0.927. The highest BCUT2D eigenvalue weighted by Gasteiger charge is 2.50. The van der Waals surface area contributed by atoms with Crippen LogP contribution in [0.5, 0.6) is 0 Å². The summed E-state index contributed by atoms with van der Waals surface area (Å²) in [6.07, 6.45) is 1.62. The molecule has 0 radical (unpaired) electrons. The number of likely N-dealkylation sites (tertiary alicyclic amines) is 1. The molecule has 4 nitrogen and oxygen atoms in total. The Labute approximate surface area is 123 Å². The SMILES string of the molecule is O=C(O)C1CN(Cc2ccc(F)cc2)CC12CCOCC2. The van der Waals surface area contributed by atoms with E-state index in [1.54, 1.807) is 12.1 Å². The molecule has 0 amide bonds. The lowest BCUT2D eigenvalue weighted by Gasteiger charge is -2.36. The van der Waals surface area contributed by atoms with Gasteiger partial charge in [-0.05, 0) is 30.5 Å².